The van der Waals surface area contributed by atoms with Crippen LogP contribution in [0.15, 0.2) is 12.5 Å². The van der Waals surface area contributed by atoms with Crippen LogP contribution in [-0.2, 0) is 6.54 Å². The van der Waals surface area contributed by atoms with Gasteiger partial charge in [0, 0.05) is 44.5 Å². The van der Waals surface area contributed by atoms with Crippen molar-refractivity contribution in [2.75, 3.05) is 26.2 Å². The molecule has 16 heavy (non-hydrogen) atoms. The summed E-state index contributed by atoms with van der Waals surface area (Å²) in [6, 6.07) is 0. The molecule has 2 heterocycles. The number of piperazine rings is 1. The number of rotatable bonds is 3. The van der Waals surface area contributed by atoms with Gasteiger partial charge in [-0.1, -0.05) is 13.8 Å². The molecule has 1 aliphatic heterocycles. The molecule has 0 aliphatic carbocycles. The fourth-order valence-corrected chi connectivity index (χ4v) is 2.12. The quantitative estimate of drug-likeness (QED) is 0.825. The average Bonchev–Trinajstić information content (AvgIpc) is 2.31. The minimum atomic E-state index is 0.473. The van der Waals surface area contributed by atoms with Crippen LogP contribution in [0.1, 0.15) is 31.0 Å². The lowest BCUT2D eigenvalue weighted by Gasteiger charge is -2.27. The van der Waals surface area contributed by atoms with Crippen LogP contribution in [0.3, 0.4) is 0 Å². The Morgan fingerprint density at radius 3 is 2.81 bits per heavy atom. The van der Waals surface area contributed by atoms with Crippen LogP contribution in [0.5, 0.6) is 0 Å². The van der Waals surface area contributed by atoms with Crippen molar-refractivity contribution in [3.8, 4) is 0 Å². The molecule has 1 aliphatic rings. The van der Waals surface area contributed by atoms with E-state index in [1.165, 1.54) is 11.3 Å². The van der Waals surface area contributed by atoms with Gasteiger partial charge < -0.3 is 5.32 Å². The Bertz CT molecular complexity index is 332. The van der Waals surface area contributed by atoms with Crippen LogP contribution in [0, 0.1) is 0 Å². The highest BCUT2D eigenvalue weighted by Crippen LogP contribution is 2.17. The van der Waals surface area contributed by atoms with Crippen LogP contribution < -0.4 is 5.32 Å². The van der Waals surface area contributed by atoms with E-state index in [0.717, 1.165) is 32.7 Å². The smallest absolute Gasteiger partial charge is 0.115 e. The van der Waals surface area contributed by atoms with Crippen molar-refractivity contribution in [1.82, 2.24) is 20.2 Å². The maximum Gasteiger partial charge on any atom is 0.115 e. The summed E-state index contributed by atoms with van der Waals surface area (Å²) in [6.07, 6.45) is 3.61. The highest BCUT2D eigenvalue weighted by atomic mass is 15.2. The molecule has 0 saturated carbocycles. The molecule has 1 fully saturated rings. The number of aromatic nitrogens is 2. The van der Waals surface area contributed by atoms with Crippen molar-refractivity contribution in [2.45, 2.75) is 26.3 Å². The molecule has 0 aromatic carbocycles. The topological polar surface area (TPSA) is 41.1 Å². The summed E-state index contributed by atoms with van der Waals surface area (Å²) in [6.45, 7) is 9.76. The minimum Gasteiger partial charge on any atom is -0.314 e. The van der Waals surface area contributed by atoms with Crippen molar-refractivity contribution >= 4 is 0 Å². The number of hydrogen-bond acceptors (Lipinski definition) is 4. The lowest BCUT2D eigenvalue weighted by Crippen LogP contribution is -2.43. The molecule has 0 spiro atoms. The molecular weight excluding hydrogens is 200 g/mol. The molecule has 1 saturated heterocycles. The maximum atomic E-state index is 4.39. The largest absolute Gasteiger partial charge is 0.314 e. The molecule has 2 rings (SSSR count). The summed E-state index contributed by atoms with van der Waals surface area (Å²) in [5, 5.41) is 3.36. The number of nitrogens with zero attached hydrogens (tertiary/aromatic N) is 3. The Balaban J connectivity index is 2.07. The zero-order valence-electron chi connectivity index (χ0n) is 10.1. The van der Waals surface area contributed by atoms with Gasteiger partial charge in [-0.2, -0.15) is 0 Å². The summed E-state index contributed by atoms with van der Waals surface area (Å²) in [7, 11) is 0. The average molecular weight is 220 g/mol. The molecule has 1 N–H and O–H groups in total. The Kier molecular flexibility index (Phi) is 3.85. The second-order valence-electron chi connectivity index (χ2n) is 4.61. The fourth-order valence-electron chi connectivity index (χ4n) is 2.12. The van der Waals surface area contributed by atoms with Crippen molar-refractivity contribution in [2.24, 2.45) is 0 Å². The molecule has 4 nitrogen and oxygen atoms in total. The van der Waals surface area contributed by atoms with Gasteiger partial charge in [-0.05, 0) is 5.92 Å². The fraction of sp³-hybridized carbons (Fsp3) is 0.667. The van der Waals surface area contributed by atoms with Gasteiger partial charge in [0.15, 0.2) is 0 Å². The maximum absolute atomic E-state index is 4.39. The third kappa shape index (κ3) is 2.77. The first-order chi connectivity index (χ1) is 7.77. The Hall–Kier alpha value is -1.00. The van der Waals surface area contributed by atoms with Gasteiger partial charge >= 0.3 is 0 Å². The normalized spacial score (nSPS) is 17.9. The molecule has 88 valence electrons. The van der Waals surface area contributed by atoms with E-state index in [4.69, 9.17) is 0 Å². The minimum absolute atomic E-state index is 0.473. The summed E-state index contributed by atoms with van der Waals surface area (Å²) < 4.78 is 0. The first-order valence-electron chi connectivity index (χ1n) is 5.99. The molecule has 0 amide bonds. The molecular formula is C12H20N4. The van der Waals surface area contributed by atoms with Crippen LogP contribution in [0.4, 0.5) is 0 Å². The number of hydrogen-bond donors (Lipinski definition) is 1. The summed E-state index contributed by atoms with van der Waals surface area (Å²) in [5.41, 5.74) is 2.47. The van der Waals surface area contributed by atoms with E-state index in [9.17, 15) is 0 Å². The zero-order valence-corrected chi connectivity index (χ0v) is 10.1. The Morgan fingerprint density at radius 2 is 2.12 bits per heavy atom. The van der Waals surface area contributed by atoms with Gasteiger partial charge in [-0.3, -0.25) is 4.90 Å². The van der Waals surface area contributed by atoms with Crippen molar-refractivity contribution in [3.05, 3.63) is 23.8 Å². The lowest BCUT2D eigenvalue weighted by molar-refractivity contribution is 0.232. The second-order valence-corrected chi connectivity index (χ2v) is 4.61. The summed E-state index contributed by atoms with van der Waals surface area (Å²) in [4.78, 5) is 11.0. The van der Waals surface area contributed by atoms with Gasteiger partial charge in [0.25, 0.3) is 0 Å². The molecule has 4 heteroatoms. The van der Waals surface area contributed by atoms with Crippen LogP contribution in [0.2, 0.25) is 0 Å². The Labute approximate surface area is 97.1 Å². The van der Waals surface area contributed by atoms with Gasteiger partial charge in [0.2, 0.25) is 0 Å². The zero-order chi connectivity index (χ0) is 11.4. The molecule has 0 unspecified atom stereocenters. The van der Waals surface area contributed by atoms with Gasteiger partial charge in [-0.15, -0.1) is 0 Å². The highest BCUT2D eigenvalue weighted by molar-refractivity contribution is 5.19. The van der Waals surface area contributed by atoms with Gasteiger partial charge in [0.1, 0.15) is 6.33 Å². The molecule has 0 atom stereocenters. The van der Waals surface area contributed by atoms with E-state index < -0.39 is 0 Å². The predicted octanol–water partition coefficient (Wildman–Crippen LogP) is 1.01. The van der Waals surface area contributed by atoms with Crippen LogP contribution in [-0.4, -0.2) is 41.0 Å². The van der Waals surface area contributed by atoms with E-state index in [1.807, 2.05) is 6.20 Å². The molecule has 1 aromatic rings. The van der Waals surface area contributed by atoms with Gasteiger partial charge in [-0.25, -0.2) is 9.97 Å². The third-order valence-corrected chi connectivity index (χ3v) is 2.97. The second kappa shape index (κ2) is 5.37. The van der Waals surface area contributed by atoms with Crippen molar-refractivity contribution in [1.29, 1.82) is 0 Å². The predicted molar refractivity (Wildman–Crippen MR) is 64.3 cm³/mol. The monoisotopic (exact) mass is 220 g/mol. The number of nitrogens with one attached hydrogen (secondary N) is 1. The summed E-state index contributed by atoms with van der Waals surface area (Å²) >= 11 is 0. The molecule has 0 radical (unpaired) electrons. The Morgan fingerprint density at radius 1 is 1.38 bits per heavy atom. The van der Waals surface area contributed by atoms with E-state index in [1.54, 1.807) is 6.33 Å². The van der Waals surface area contributed by atoms with E-state index >= 15 is 0 Å². The van der Waals surface area contributed by atoms with E-state index in [-0.39, 0.29) is 0 Å². The van der Waals surface area contributed by atoms with Gasteiger partial charge in [0.05, 0.1) is 5.69 Å². The van der Waals surface area contributed by atoms with Crippen LogP contribution in [0.25, 0.3) is 0 Å². The standard InChI is InChI=1S/C12H20N4/c1-10(2)12-11(7-14-9-15-12)8-16-5-3-13-4-6-16/h7,9-10,13H,3-6,8H2,1-2H3. The first-order valence-corrected chi connectivity index (χ1v) is 5.99. The SMILES string of the molecule is CC(C)c1ncncc1CN1CCNCC1. The lowest BCUT2D eigenvalue weighted by atomic mass is 10.0. The molecule has 1 aromatic heterocycles. The highest BCUT2D eigenvalue weighted by Gasteiger charge is 2.14. The van der Waals surface area contributed by atoms with Crippen molar-refractivity contribution < 1.29 is 0 Å². The third-order valence-electron chi connectivity index (χ3n) is 2.97. The van der Waals surface area contributed by atoms with E-state index in [2.05, 4.69) is 34.0 Å². The van der Waals surface area contributed by atoms with Crippen LogP contribution >= 0.6 is 0 Å². The van der Waals surface area contributed by atoms with Crippen molar-refractivity contribution in [3.63, 3.8) is 0 Å². The van der Waals surface area contributed by atoms with E-state index in [0.29, 0.717) is 5.92 Å². The summed E-state index contributed by atoms with van der Waals surface area (Å²) in [5.74, 6) is 0.473. The molecule has 0 bridgehead atoms. The first kappa shape index (κ1) is 11.5.